The SMILES string of the molecule is COc1cc(COc2cc(C)c(-c3ccc(F)c4c3CC[C@H]4Oc3ccc4c(c3)OC[C@H]4CC(=O)O)c(C)c2)ccn1. The topological polar surface area (TPSA) is 87.1 Å². The van der Waals surface area contributed by atoms with Crippen LogP contribution in [0.3, 0.4) is 0 Å². The van der Waals surface area contributed by atoms with Crippen LogP contribution in [0.5, 0.6) is 23.1 Å². The number of fused-ring (bicyclic) bond motifs is 2. The van der Waals surface area contributed by atoms with E-state index in [-0.39, 0.29) is 18.2 Å². The number of nitrogens with zero attached hydrogens (tertiary/aromatic N) is 1. The van der Waals surface area contributed by atoms with Gasteiger partial charge in [0.15, 0.2) is 0 Å². The third-order valence-electron chi connectivity index (χ3n) is 8.04. The zero-order valence-electron chi connectivity index (χ0n) is 23.8. The van der Waals surface area contributed by atoms with E-state index in [1.165, 1.54) is 6.07 Å². The van der Waals surface area contributed by atoms with Gasteiger partial charge >= 0.3 is 5.97 Å². The monoisotopic (exact) mass is 569 g/mol. The summed E-state index contributed by atoms with van der Waals surface area (Å²) in [4.78, 5) is 15.3. The summed E-state index contributed by atoms with van der Waals surface area (Å²) in [6.45, 7) is 4.81. The van der Waals surface area contributed by atoms with E-state index in [4.69, 9.17) is 18.9 Å². The fourth-order valence-electron chi connectivity index (χ4n) is 6.15. The predicted octanol–water partition coefficient (Wildman–Crippen LogP) is 7.11. The van der Waals surface area contributed by atoms with Crippen LogP contribution in [0.15, 0.2) is 60.8 Å². The Balaban J connectivity index is 1.23. The Morgan fingerprint density at radius 1 is 1.07 bits per heavy atom. The number of aromatic nitrogens is 1. The Morgan fingerprint density at radius 2 is 1.88 bits per heavy atom. The molecule has 0 saturated heterocycles. The zero-order chi connectivity index (χ0) is 29.4. The van der Waals surface area contributed by atoms with Gasteiger partial charge in [-0.3, -0.25) is 4.79 Å². The van der Waals surface area contributed by atoms with E-state index in [9.17, 15) is 9.90 Å². The molecule has 4 aromatic rings. The van der Waals surface area contributed by atoms with Crippen LogP contribution < -0.4 is 18.9 Å². The summed E-state index contributed by atoms with van der Waals surface area (Å²) < 4.78 is 38.7. The van der Waals surface area contributed by atoms with Crippen molar-refractivity contribution in [3.8, 4) is 34.3 Å². The van der Waals surface area contributed by atoms with E-state index in [1.54, 1.807) is 19.4 Å². The summed E-state index contributed by atoms with van der Waals surface area (Å²) in [5.74, 6) is 1.19. The minimum Gasteiger partial charge on any atom is -0.492 e. The smallest absolute Gasteiger partial charge is 0.304 e. The van der Waals surface area contributed by atoms with Gasteiger partial charge in [0.05, 0.1) is 20.1 Å². The third-order valence-corrected chi connectivity index (χ3v) is 8.04. The average Bonchev–Trinajstić information content (AvgIpc) is 3.57. The minimum absolute atomic E-state index is 0.0170. The highest BCUT2D eigenvalue weighted by Gasteiger charge is 2.32. The van der Waals surface area contributed by atoms with Gasteiger partial charge in [0.1, 0.15) is 35.8 Å². The van der Waals surface area contributed by atoms with Gasteiger partial charge in [-0.15, -0.1) is 0 Å². The lowest BCUT2D eigenvalue weighted by molar-refractivity contribution is -0.137. The van der Waals surface area contributed by atoms with Crippen molar-refractivity contribution in [2.75, 3.05) is 13.7 Å². The minimum atomic E-state index is -0.857. The van der Waals surface area contributed by atoms with E-state index < -0.39 is 12.1 Å². The summed E-state index contributed by atoms with van der Waals surface area (Å²) in [5.41, 5.74) is 7.53. The maximum absolute atomic E-state index is 15.3. The van der Waals surface area contributed by atoms with Crippen molar-refractivity contribution in [2.24, 2.45) is 0 Å². The highest BCUT2D eigenvalue weighted by molar-refractivity contribution is 5.76. The molecule has 8 heteroatoms. The molecule has 6 rings (SSSR count). The molecule has 1 aliphatic heterocycles. The number of pyridine rings is 1. The number of carboxylic acids is 1. The van der Waals surface area contributed by atoms with Crippen LogP contribution in [-0.4, -0.2) is 29.8 Å². The number of carboxylic acid groups (broad SMARTS) is 1. The van der Waals surface area contributed by atoms with Gasteiger partial charge in [0.2, 0.25) is 5.88 Å². The number of hydrogen-bond donors (Lipinski definition) is 1. The molecule has 0 radical (unpaired) electrons. The van der Waals surface area contributed by atoms with E-state index in [2.05, 4.69) is 4.98 Å². The molecule has 0 amide bonds. The first-order valence-electron chi connectivity index (χ1n) is 14.0. The number of halogens is 1. The molecule has 0 saturated carbocycles. The molecular weight excluding hydrogens is 537 g/mol. The molecule has 0 fully saturated rings. The normalized spacial score (nSPS) is 16.9. The van der Waals surface area contributed by atoms with Crippen molar-refractivity contribution >= 4 is 5.97 Å². The Hall–Kier alpha value is -4.59. The number of hydrogen-bond acceptors (Lipinski definition) is 6. The molecule has 0 spiro atoms. The Morgan fingerprint density at radius 3 is 2.64 bits per heavy atom. The van der Waals surface area contributed by atoms with Gasteiger partial charge in [0, 0.05) is 35.4 Å². The Bertz CT molecular complexity index is 1650. The summed E-state index contributed by atoms with van der Waals surface area (Å²) in [6.07, 6.45) is 2.62. The highest BCUT2D eigenvalue weighted by atomic mass is 19.1. The van der Waals surface area contributed by atoms with Crippen molar-refractivity contribution in [1.82, 2.24) is 4.98 Å². The van der Waals surface area contributed by atoms with Crippen LogP contribution >= 0.6 is 0 Å². The quantitative estimate of drug-likeness (QED) is 0.230. The maximum Gasteiger partial charge on any atom is 0.304 e. The largest absolute Gasteiger partial charge is 0.492 e. The lowest BCUT2D eigenvalue weighted by Gasteiger charge is -2.19. The second kappa shape index (κ2) is 11.4. The van der Waals surface area contributed by atoms with Crippen LogP contribution in [0.2, 0.25) is 0 Å². The van der Waals surface area contributed by atoms with Crippen LogP contribution in [0, 0.1) is 19.7 Å². The third kappa shape index (κ3) is 5.36. The Kier molecular flexibility index (Phi) is 7.45. The molecule has 3 aromatic carbocycles. The van der Waals surface area contributed by atoms with Gasteiger partial charge < -0.3 is 24.1 Å². The summed E-state index contributed by atoms with van der Waals surface area (Å²) in [7, 11) is 1.58. The molecule has 1 aliphatic carbocycles. The van der Waals surface area contributed by atoms with Crippen molar-refractivity contribution in [3.63, 3.8) is 0 Å². The first-order chi connectivity index (χ1) is 20.3. The zero-order valence-corrected chi connectivity index (χ0v) is 23.8. The summed E-state index contributed by atoms with van der Waals surface area (Å²) in [5, 5.41) is 9.17. The molecule has 0 unspecified atom stereocenters. The lowest BCUT2D eigenvalue weighted by atomic mass is 9.90. The molecule has 2 heterocycles. The number of methoxy groups -OCH3 is 1. The van der Waals surface area contributed by atoms with Gasteiger partial charge in [0.25, 0.3) is 0 Å². The van der Waals surface area contributed by atoms with Gasteiger partial charge in [-0.2, -0.15) is 0 Å². The molecule has 7 nitrogen and oxygen atoms in total. The second-order valence-corrected chi connectivity index (χ2v) is 10.9. The maximum atomic E-state index is 15.3. The number of aryl methyl sites for hydroxylation is 2. The number of aliphatic carboxylic acids is 1. The molecule has 1 N–H and O–H groups in total. The highest BCUT2D eigenvalue weighted by Crippen LogP contribution is 2.45. The van der Waals surface area contributed by atoms with Crippen molar-refractivity contribution in [3.05, 3.63) is 100.0 Å². The van der Waals surface area contributed by atoms with E-state index in [0.717, 1.165) is 44.7 Å². The number of ether oxygens (including phenoxy) is 4. The molecular formula is C34H32FNO6. The molecule has 1 aromatic heterocycles. The molecule has 216 valence electrons. The van der Waals surface area contributed by atoms with E-state index in [0.29, 0.717) is 49.0 Å². The first-order valence-corrected chi connectivity index (χ1v) is 14.0. The molecule has 42 heavy (non-hydrogen) atoms. The standard InChI is InChI=1S/C34H32FNO6/c1-19-12-24(40-17-21-10-11-36-31(14-21)39-3)13-20(2)33(19)26-6-8-28(35)34-27(26)7-9-29(34)42-23-4-5-25-22(15-32(37)38)18-41-30(25)16-23/h4-6,8,10-14,16,22,29H,7,9,15,17-18H2,1-3H3,(H,37,38)/t22-,29-/m1/s1. The fourth-order valence-corrected chi connectivity index (χ4v) is 6.15. The molecule has 0 bridgehead atoms. The predicted molar refractivity (Wildman–Crippen MR) is 155 cm³/mol. The van der Waals surface area contributed by atoms with Crippen LogP contribution in [-0.2, 0) is 17.8 Å². The second-order valence-electron chi connectivity index (χ2n) is 10.9. The fraction of sp³-hybridized carbons (Fsp3) is 0.294. The van der Waals surface area contributed by atoms with Gasteiger partial charge in [-0.05, 0) is 90.4 Å². The van der Waals surface area contributed by atoms with Crippen molar-refractivity contribution in [1.29, 1.82) is 0 Å². The Labute approximate surface area is 243 Å². The lowest BCUT2D eigenvalue weighted by Crippen LogP contribution is -2.07. The van der Waals surface area contributed by atoms with Crippen LogP contribution in [0.4, 0.5) is 4.39 Å². The molecule has 2 aliphatic rings. The van der Waals surface area contributed by atoms with Gasteiger partial charge in [-0.1, -0.05) is 12.1 Å². The summed E-state index contributed by atoms with van der Waals surface area (Å²) in [6, 6.07) is 16.6. The molecule has 2 atom stereocenters. The van der Waals surface area contributed by atoms with Crippen molar-refractivity contribution < 1.29 is 33.2 Å². The average molecular weight is 570 g/mol. The van der Waals surface area contributed by atoms with E-state index in [1.807, 2.05) is 56.3 Å². The number of rotatable bonds is 9. The summed E-state index contributed by atoms with van der Waals surface area (Å²) >= 11 is 0. The van der Waals surface area contributed by atoms with Gasteiger partial charge in [-0.25, -0.2) is 9.37 Å². The first kappa shape index (κ1) is 27.6. The van der Waals surface area contributed by atoms with Crippen LogP contribution in [0.1, 0.15) is 58.2 Å². The van der Waals surface area contributed by atoms with Crippen molar-refractivity contribution in [2.45, 2.75) is 51.7 Å². The van der Waals surface area contributed by atoms with Crippen LogP contribution in [0.25, 0.3) is 11.1 Å². The number of benzene rings is 3. The van der Waals surface area contributed by atoms with E-state index >= 15 is 4.39 Å². The number of carbonyl (C=O) groups is 1.